The van der Waals surface area contributed by atoms with Gasteiger partial charge in [-0.25, -0.2) is 0 Å². The molecular weight excluding hydrogens is 276 g/mol. The molecule has 0 aliphatic heterocycles. The second-order valence-corrected chi connectivity index (χ2v) is 6.09. The zero-order valence-corrected chi connectivity index (χ0v) is 12.7. The number of carboxylic acids is 2. The zero-order chi connectivity index (χ0) is 16.2. The summed E-state index contributed by atoms with van der Waals surface area (Å²) in [6.07, 6.45) is 1.77. The summed E-state index contributed by atoms with van der Waals surface area (Å²) in [7, 11) is 0. The van der Waals surface area contributed by atoms with Gasteiger partial charge in [-0.2, -0.15) is 0 Å². The molecule has 2 N–H and O–H groups in total. The van der Waals surface area contributed by atoms with Crippen LogP contribution in [0.25, 0.3) is 0 Å². The van der Waals surface area contributed by atoms with Crippen LogP contribution in [0.15, 0.2) is 0 Å². The molecule has 4 unspecified atom stereocenters. The maximum Gasteiger partial charge on any atom is 0.310 e. The SMILES string of the molecule is CC(C)C(C(=O)O)C(C)OC(=O)C1CCCCC1C(=O)O. The summed E-state index contributed by atoms with van der Waals surface area (Å²) in [6, 6.07) is 0. The lowest BCUT2D eigenvalue weighted by Crippen LogP contribution is -2.39. The Morgan fingerprint density at radius 2 is 1.52 bits per heavy atom. The van der Waals surface area contributed by atoms with Gasteiger partial charge in [0.15, 0.2) is 0 Å². The molecule has 0 heterocycles. The van der Waals surface area contributed by atoms with Crippen LogP contribution in [0.5, 0.6) is 0 Å². The van der Waals surface area contributed by atoms with Crippen molar-refractivity contribution in [2.24, 2.45) is 23.7 Å². The van der Waals surface area contributed by atoms with Gasteiger partial charge in [0, 0.05) is 0 Å². The highest BCUT2D eigenvalue weighted by molar-refractivity contribution is 5.81. The highest BCUT2D eigenvalue weighted by Gasteiger charge is 2.39. The van der Waals surface area contributed by atoms with Gasteiger partial charge in [0.1, 0.15) is 6.10 Å². The van der Waals surface area contributed by atoms with Crippen LogP contribution in [0.2, 0.25) is 0 Å². The van der Waals surface area contributed by atoms with Gasteiger partial charge in [0.05, 0.1) is 17.8 Å². The monoisotopic (exact) mass is 300 g/mol. The van der Waals surface area contributed by atoms with Crippen LogP contribution in [0.3, 0.4) is 0 Å². The molecule has 21 heavy (non-hydrogen) atoms. The van der Waals surface area contributed by atoms with Crippen molar-refractivity contribution in [3.8, 4) is 0 Å². The van der Waals surface area contributed by atoms with E-state index in [-0.39, 0.29) is 5.92 Å². The number of carbonyl (C=O) groups is 3. The largest absolute Gasteiger partial charge is 0.481 e. The van der Waals surface area contributed by atoms with E-state index < -0.39 is 41.8 Å². The lowest BCUT2D eigenvalue weighted by molar-refractivity contribution is -0.169. The van der Waals surface area contributed by atoms with E-state index >= 15 is 0 Å². The van der Waals surface area contributed by atoms with Crippen LogP contribution in [0.1, 0.15) is 46.5 Å². The van der Waals surface area contributed by atoms with Crippen molar-refractivity contribution in [3.63, 3.8) is 0 Å². The number of aliphatic carboxylic acids is 2. The van der Waals surface area contributed by atoms with Crippen LogP contribution < -0.4 is 0 Å². The predicted molar refractivity (Wildman–Crippen MR) is 74.6 cm³/mol. The van der Waals surface area contributed by atoms with Crippen LogP contribution >= 0.6 is 0 Å². The summed E-state index contributed by atoms with van der Waals surface area (Å²) >= 11 is 0. The van der Waals surface area contributed by atoms with E-state index in [1.807, 2.05) is 0 Å². The molecule has 0 bridgehead atoms. The molecule has 0 aromatic heterocycles. The predicted octanol–water partition coefficient (Wildman–Crippen LogP) is 2.17. The quantitative estimate of drug-likeness (QED) is 0.729. The molecular formula is C15H24O6. The van der Waals surface area contributed by atoms with Gasteiger partial charge in [-0.15, -0.1) is 0 Å². The number of hydrogen-bond donors (Lipinski definition) is 2. The first kappa shape index (κ1) is 17.5. The lowest BCUT2D eigenvalue weighted by Gasteiger charge is -2.30. The third kappa shape index (κ3) is 4.44. The molecule has 6 heteroatoms. The summed E-state index contributed by atoms with van der Waals surface area (Å²) < 4.78 is 5.27. The minimum absolute atomic E-state index is 0.174. The van der Waals surface area contributed by atoms with Crippen LogP contribution in [-0.2, 0) is 19.1 Å². The Bertz CT molecular complexity index is 403. The molecule has 0 aromatic carbocycles. The highest BCUT2D eigenvalue weighted by Crippen LogP contribution is 2.32. The number of ether oxygens (including phenoxy) is 1. The van der Waals surface area contributed by atoms with Crippen molar-refractivity contribution in [3.05, 3.63) is 0 Å². The normalized spacial score (nSPS) is 25.1. The fourth-order valence-corrected chi connectivity index (χ4v) is 3.08. The van der Waals surface area contributed by atoms with Gasteiger partial charge < -0.3 is 14.9 Å². The van der Waals surface area contributed by atoms with Crippen molar-refractivity contribution < 1.29 is 29.3 Å². The first-order chi connectivity index (χ1) is 9.75. The summed E-state index contributed by atoms with van der Waals surface area (Å²) in [6.45, 7) is 5.06. The van der Waals surface area contributed by atoms with E-state index in [2.05, 4.69) is 0 Å². The Morgan fingerprint density at radius 1 is 1.00 bits per heavy atom. The number of esters is 1. The van der Waals surface area contributed by atoms with E-state index in [0.717, 1.165) is 12.8 Å². The molecule has 0 amide bonds. The fraction of sp³-hybridized carbons (Fsp3) is 0.800. The van der Waals surface area contributed by atoms with Crippen molar-refractivity contribution >= 4 is 17.9 Å². The molecule has 4 atom stereocenters. The van der Waals surface area contributed by atoms with Gasteiger partial charge in [-0.3, -0.25) is 14.4 Å². The molecule has 0 spiro atoms. The van der Waals surface area contributed by atoms with Crippen molar-refractivity contribution in [2.75, 3.05) is 0 Å². The van der Waals surface area contributed by atoms with Gasteiger partial charge in [0.2, 0.25) is 0 Å². The zero-order valence-electron chi connectivity index (χ0n) is 12.7. The fourth-order valence-electron chi connectivity index (χ4n) is 3.08. The van der Waals surface area contributed by atoms with Gasteiger partial charge in [-0.1, -0.05) is 26.7 Å². The number of carboxylic acid groups (broad SMARTS) is 2. The topological polar surface area (TPSA) is 101 Å². The molecule has 1 aliphatic rings. The average molecular weight is 300 g/mol. The highest BCUT2D eigenvalue weighted by atomic mass is 16.5. The summed E-state index contributed by atoms with van der Waals surface area (Å²) in [5.41, 5.74) is 0. The second-order valence-electron chi connectivity index (χ2n) is 6.09. The lowest BCUT2D eigenvalue weighted by atomic mass is 9.79. The summed E-state index contributed by atoms with van der Waals surface area (Å²) in [5, 5.41) is 18.4. The number of hydrogen-bond acceptors (Lipinski definition) is 4. The van der Waals surface area contributed by atoms with E-state index in [0.29, 0.717) is 12.8 Å². The van der Waals surface area contributed by atoms with Gasteiger partial charge >= 0.3 is 17.9 Å². The van der Waals surface area contributed by atoms with E-state index in [1.165, 1.54) is 0 Å². The van der Waals surface area contributed by atoms with Crippen LogP contribution in [-0.4, -0.2) is 34.2 Å². The van der Waals surface area contributed by atoms with Crippen molar-refractivity contribution in [1.29, 1.82) is 0 Å². The first-order valence-electron chi connectivity index (χ1n) is 7.41. The Morgan fingerprint density at radius 3 is 1.95 bits per heavy atom. The molecule has 6 nitrogen and oxygen atoms in total. The van der Waals surface area contributed by atoms with E-state index in [9.17, 15) is 24.6 Å². The number of rotatable bonds is 6. The second kappa shape index (κ2) is 7.43. The van der Waals surface area contributed by atoms with Gasteiger partial charge in [0.25, 0.3) is 0 Å². The standard InChI is InChI=1S/C15H24O6/c1-8(2)12(14(18)19)9(3)21-15(20)11-7-5-4-6-10(11)13(16)17/h8-12H,4-7H2,1-3H3,(H,16,17)(H,18,19). The van der Waals surface area contributed by atoms with Crippen molar-refractivity contribution in [1.82, 2.24) is 0 Å². The molecule has 0 aromatic rings. The van der Waals surface area contributed by atoms with Crippen molar-refractivity contribution in [2.45, 2.75) is 52.6 Å². The van der Waals surface area contributed by atoms with Crippen LogP contribution in [0.4, 0.5) is 0 Å². The molecule has 120 valence electrons. The maximum atomic E-state index is 12.2. The summed E-state index contributed by atoms with van der Waals surface area (Å²) in [5.74, 6) is -4.93. The number of carbonyl (C=O) groups excluding carboxylic acids is 1. The Hall–Kier alpha value is -1.59. The first-order valence-corrected chi connectivity index (χ1v) is 7.41. The minimum Gasteiger partial charge on any atom is -0.481 e. The average Bonchev–Trinajstić information content (AvgIpc) is 2.37. The third-order valence-corrected chi connectivity index (χ3v) is 4.20. The molecule has 0 saturated heterocycles. The minimum atomic E-state index is -1.01. The van der Waals surface area contributed by atoms with Crippen LogP contribution in [0, 0.1) is 23.7 Å². The molecule has 1 aliphatic carbocycles. The van der Waals surface area contributed by atoms with E-state index in [4.69, 9.17) is 4.74 Å². The third-order valence-electron chi connectivity index (χ3n) is 4.20. The molecule has 0 radical (unpaired) electrons. The summed E-state index contributed by atoms with van der Waals surface area (Å²) in [4.78, 5) is 34.6. The Kier molecular flexibility index (Phi) is 6.18. The van der Waals surface area contributed by atoms with E-state index in [1.54, 1.807) is 20.8 Å². The Balaban J connectivity index is 2.74. The molecule has 1 fully saturated rings. The Labute approximate surface area is 124 Å². The molecule has 1 saturated carbocycles. The molecule has 1 rings (SSSR count). The van der Waals surface area contributed by atoms with Gasteiger partial charge in [-0.05, 0) is 25.7 Å². The maximum absolute atomic E-state index is 12.2. The smallest absolute Gasteiger partial charge is 0.310 e.